The van der Waals surface area contributed by atoms with Crippen molar-refractivity contribution < 1.29 is 19.1 Å². The van der Waals surface area contributed by atoms with Crippen LogP contribution in [0.2, 0.25) is 15.1 Å². The van der Waals surface area contributed by atoms with Crippen molar-refractivity contribution in [3.8, 4) is 11.5 Å². The second-order valence-corrected chi connectivity index (χ2v) is 10.3. The summed E-state index contributed by atoms with van der Waals surface area (Å²) >= 11 is 25.7. The summed E-state index contributed by atoms with van der Waals surface area (Å²) in [5.41, 5.74) is 1.62. The van der Waals surface area contributed by atoms with Crippen LogP contribution < -0.4 is 19.7 Å². The number of carbonyl (C=O) groups is 2. The Labute approximate surface area is 241 Å². The standard InChI is InChI=1S/C25H16Cl3IN2O4S/c1-34-20-11-14(10-18(29)22(20)35-12-13-5-7-15(26)8-6-13)9-16-23(32)30-25(36)31(24(16)33)19-4-2-3-17(27)21(19)28/h2-11H,12H2,1H3,(H,30,32,36)/b16-9-. The minimum Gasteiger partial charge on any atom is -0.493 e. The molecule has 1 N–H and O–H groups in total. The van der Waals surface area contributed by atoms with E-state index in [1.165, 1.54) is 13.2 Å². The average molecular weight is 674 g/mol. The molecular formula is C25H16Cl3IN2O4S. The summed E-state index contributed by atoms with van der Waals surface area (Å²) < 4.78 is 12.2. The van der Waals surface area contributed by atoms with Crippen molar-refractivity contribution in [2.75, 3.05) is 12.0 Å². The summed E-state index contributed by atoms with van der Waals surface area (Å²) in [6, 6.07) is 15.6. The van der Waals surface area contributed by atoms with Crippen molar-refractivity contribution in [3.05, 3.63) is 89.9 Å². The molecule has 1 aliphatic rings. The van der Waals surface area contributed by atoms with Crippen molar-refractivity contribution >= 4 is 98.3 Å². The van der Waals surface area contributed by atoms with E-state index in [1.807, 2.05) is 12.1 Å². The first kappa shape index (κ1) is 26.7. The minimum atomic E-state index is -0.634. The molecule has 6 nitrogen and oxygen atoms in total. The molecule has 3 aromatic rings. The maximum Gasteiger partial charge on any atom is 0.270 e. The number of halogens is 4. The quantitative estimate of drug-likeness (QED) is 0.137. The highest BCUT2D eigenvalue weighted by molar-refractivity contribution is 14.1. The first-order valence-corrected chi connectivity index (χ1v) is 12.9. The summed E-state index contributed by atoms with van der Waals surface area (Å²) in [5, 5.41) is 3.47. The van der Waals surface area contributed by atoms with Gasteiger partial charge in [-0.05, 0) is 88.4 Å². The Balaban J connectivity index is 1.66. The number of methoxy groups -OCH3 is 1. The largest absolute Gasteiger partial charge is 0.493 e. The highest BCUT2D eigenvalue weighted by Gasteiger charge is 2.35. The van der Waals surface area contributed by atoms with E-state index in [9.17, 15) is 9.59 Å². The second kappa shape index (κ2) is 11.4. The van der Waals surface area contributed by atoms with Crippen molar-refractivity contribution in [3.63, 3.8) is 0 Å². The maximum absolute atomic E-state index is 13.3. The molecule has 36 heavy (non-hydrogen) atoms. The number of nitrogens with one attached hydrogen (secondary N) is 1. The van der Waals surface area contributed by atoms with Crippen LogP contribution in [0.5, 0.6) is 11.5 Å². The van der Waals surface area contributed by atoms with Crippen LogP contribution in [0.25, 0.3) is 6.08 Å². The van der Waals surface area contributed by atoms with Crippen LogP contribution in [0.15, 0.2) is 60.2 Å². The molecule has 11 heteroatoms. The molecule has 0 spiro atoms. The molecule has 3 aromatic carbocycles. The van der Waals surface area contributed by atoms with Crippen LogP contribution in [-0.2, 0) is 16.2 Å². The minimum absolute atomic E-state index is 0.0931. The normalized spacial score (nSPS) is 14.8. The van der Waals surface area contributed by atoms with Gasteiger partial charge in [0.15, 0.2) is 16.6 Å². The molecule has 0 aromatic heterocycles. The first-order valence-electron chi connectivity index (χ1n) is 10.3. The molecule has 1 heterocycles. The molecule has 184 valence electrons. The molecule has 1 aliphatic heterocycles. The molecule has 1 fully saturated rings. The molecule has 4 rings (SSSR count). The lowest BCUT2D eigenvalue weighted by Crippen LogP contribution is -2.54. The number of rotatable bonds is 6. The Morgan fingerprint density at radius 2 is 1.81 bits per heavy atom. The molecule has 0 unspecified atom stereocenters. The number of amides is 2. The van der Waals surface area contributed by atoms with Crippen LogP contribution >= 0.6 is 69.6 Å². The molecule has 0 bridgehead atoms. The predicted octanol–water partition coefficient (Wildman–Crippen LogP) is 6.67. The number of nitrogens with zero attached hydrogens (tertiary/aromatic N) is 1. The van der Waals surface area contributed by atoms with E-state index in [4.69, 9.17) is 56.5 Å². The molecule has 0 atom stereocenters. The lowest BCUT2D eigenvalue weighted by atomic mass is 10.1. The Morgan fingerprint density at radius 3 is 2.50 bits per heavy atom. The van der Waals surface area contributed by atoms with Gasteiger partial charge in [0.1, 0.15) is 12.2 Å². The number of hydrogen-bond donors (Lipinski definition) is 1. The number of hydrogen-bond acceptors (Lipinski definition) is 5. The van der Waals surface area contributed by atoms with Gasteiger partial charge in [0.2, 0.25) is 0 Å². The van der Waals surface area contributed by atoms with Gasteiger partial charge in [-0.25, -0.2) is 0 Å². The zero-order chi connectivity index (χ0) is 26.0. The Morgan fingerprint density at radius 1 is 1.08 bits per heavy atom. The molecule has 0 saturated carbocycles. The van der Waals surface area contributed by atoms with E-state index < -0.39 is 11.8 Å². The van der Waals surface area contributed by atoms with E-state index >= 15 is 0 Å². The van der Waals surface area contributed by atoms with E-state index in [0.717, 1.165) is 14.0 Å². The molecule has 0 radical (unpaired) electrons. The van der Waals surface area contributed by atoms with Gasteiger partial charge in [-0.1, -0.05) is 53.0 Å². The van der Waals surface area contributed by atoms with Gasteiger partial charge in [0.25, 0.3) is 11.8 Å². The monoisotopic (exact) mass is 672 g/mol. The molecule has 1 saturated heterocycles. The molecule has 2 amide bonds. The number of benzene rings is 3. The Hall–Kier alpha value is -2.37. The van der Waals surface area contributed by atoms with Crippen molar-refractivity contribution in [2.24, 2.45) is 0 Å². The SMILES string of the molecule is COc1cc(/C=C2/C(=O)NC(=S)N(c3cccc(Cl)c3Cl)C2=O)cc(I)c1OCc1ccc(Cl)cc1. The zero-order valence-electron chi connectivity index (χ0n) is 18.5. The van der Waals surface area contributed by atoms with Gasteiger partial charge in [0, 0.05) is 5.02 Å². The van der Waals surface area contributed by atoms with Gasteiger partial charge < -0.3 is 9.47 Å². The molecule has 0 aliphatic carbocycles. The zero-order valence-corrected chi connectivity index (χ0v) is 23.7. The van der Waals surface area contributed by atoms with E-state index in [0.29, 0.717) is 28.7 Å². The fraction of sp³-hybridized carbons (Fsp3) is 0.0800. The third-order valence-corrected chi connectivity index (χ3v) is 7.28. The van der Waals surface area contributed by atoms with Gasteiger partial charge in [-0.2, -0.15) is 0 Å². The summed E-state index contributed by atoms with van der Waals surface area (Å²) in [5.74, 6) is -0.291. The van der Waals surface area contributed by atoms with Crippen LogP contribution in [0.1, 0.15) is 11.1 Å². The number of thiocarbonyl (C=S) groups is 1. The van der Waals surface area contributed by atoms with Crippen molar-refractivity contribution in [1.29, 1.82) is 0 Å². The topological polar surface area (TPSA) is 67.9 Å². The Kier molecular flexibility index (Phi) is 8.41. The van der Waals surface area contributed by atoms with Gasteiger partial charge >= 0.3 is 0 Å². The van der Waals surface area contributed by atoms with Gasteiger partial charge in [-0.3, -0.25) is 19.8 Å². The Bertz CT molecular complexity index is 1410. The van der Waals surface area contributed by atoms with E-state index in [-0.39, 0.29) is 26.4 Å². The third-order valence-electron chi connectivity index (χ3n) is 5.13. The van der Waals surface area contributed by atoms with E-state index in [2.05, 4.69) is 27.9 Å². The summed E-state index contributed by atoms with van der Waals surface area (Å²) in [7, 11) is 1.51. The van der Waals surface area contributed by atoms with Gasteiger partial charge in [0.05, 0.1) is 26.4 Å². The summed E-state index contributed by atoms with van der Waals surface area (Å²) in [6.07, 6.45) is 1.46. The summed E-state index contributed by atoms with van der Waals surface area (Å²) in [6.45, 7) is 0.303. The van der Waals surface area contributed by atoms with Crippen LogP contribution in [0, 0.1) is 3.57 Å². The fourth-order valence-corrected chi connectivity index (χ4v) is 4.97. The third kappa shape index (κ3) is 5.63. The van der Waals surface area contributed by atoms with Crippen LogP contribution in [0.3, 0.4) is 0 Å². The van der Waals surface area contributed by atoms with Crippen molar-refractivity contribution in [1.82, 2.24) is 5.32 Å². The number of ether oxygens (including phenoxy) is 2. The highest BCUT2D eigenvalue weighted by atomic mass is 127. The number of carbonyl (C=O) groups excluding carboxylic acids is 2. The average Bonchev–Trinajstić information content (AvgIpc) is 2.84. The first-order chi connectivity index (χ1) is 17.2. The fourth-order valence-electron chi connectivity index (χ4n) is 3.41. The van der Waals surface area contributed by atoms with Crippen LogP contribution in [0.4, 0.5) is 5.69 Å². The van der Waals surface area contributed by atoms with Crippen molar-refractivity contribution in [2.45, 2.75) is 6.61 Å². The predicted molar refractivity (Wildman–Crippen MR) is 154 cm³/mol. The lowest BCUT2D eigenvalue weighted by molar-refractivity contribution is -0.122. The lowest BCUT2D eigenvalue weighted by Gasteiger charge is -2.29. The van der Waals surface area contributed by atoms with Gasteiger partial charge in [-0.15, -0.1) is 0 Å². The van der Waals surface area contributed by atoms with E-state index in [1.54, 1.807) is 42.5 Å². The second-order valence-electron chi connectivity index (χ2n) is 7.48. The number of anilines is 1. The highest BCUT2D eigenvalue weighted by Crippen LogP contribution is 2.37. The summed E-state index contributed by atoms with van der Waals surface area (Å²) in [4.78, 5) is 27.2. The maximum atomic E-state index is 13.3. The molecular weight excluding hydrogens is 658 g/mol. The van der Waals surface area contributed by atoms with Crippen LogP contribution in [-0.4, -0.2) is 24.0 Å². The smallest absolute Gasteiger partial charge is 0.270 e.